The van der Waals surface area contributed by atoms with E-state index in [1.807, 2.05) is 79.5 Å². The molecule has 3 N–H and O–H groups in total. The Morgan fingerprint density at radius 2 is 1.36 bits per heavy atom. The Balaban J connectivity index is 2.29. The van der Waals surface area contributed by atoms with Gasteiger partial charge in [0.25, 0.3) is 0 Å². The number of nitrogens with one attached hydrogen (secondary N) is 1. The zero-order valence-electron chi connectivity index (χ0n) is 13.1. The summed E-state index contributed by atoms with van der Waals surface area (Å²) in [5.41, 5.74) is 5.15. The molecule has 0 aliphatic heterocycles. The van der Waals surface area contributed by atoms with E-state index in [4.69, 9.17) is 0 Å². The lowest BCUT2D eigenvalue weighted by molar-refractivity contribution is 0.0558. The van der Waals surface area contributed by atoms with Crippen LogP contribution in [0.25, 0.3) is 0 Å². The van der Waals surface area contributed by atoms with Gasteiger partial charge in [-0.25, -0.2) is 5.43 Å². The van der Waals surface area contributed by atoms with Crippen LogP contribution in [-0.4, -0.2) is 29.0 Å². The molecule has 0 amide bonds. The van der Waals surface area contributed by atoms with Gasteiger partial charge in [0.2, 0.25) is 0 Å². The van der Waals surface area contributed by atoms with Crippen LogP contribution < -0.4 is 10.4 Å². The molecule has 0 saturated heterocycles. The van der Waals surface area contributed by atoms with Crippen LogP contribution >= 0.6 is 0 Å². The van der Waals surface area contributed by atoms with Crippen LogP contribution in [0.15, 0.2) is 60.7 Å². The first-order valence-corrected chi connectivity index (χ1v) is 7.58. The lowest BCUT2D eigenvalue weighted by atomic mass is 10.0. The fraction of sp³-hybridized carbons (Fsp3) is 0.333. The van der Waals surface area contributed by atoms with E-state index in [0.29, 0.717) is 0 Å². The molecule has 0 spiro atoms. The van der Waals surface area contributed by atoms with E-state index in [1.54, 1.807) is 0 Å². The van der Waals surface area contributed by atoms with Crippen LogP contribution in [0.2, 0.25) is 0 Å². The van der Waals surface area contributed by atoms with E-state index in [9.17, 15) is 10.2 Å². The molecule has 0 aromatic heterocycles. The Kier molecular flexibility index (Phi) is 5.95. The summed E-state index contributed by atoms with van der Waals surface area (Å²) < 4.78 is 0. The number of anilines is 2. The summed E-state index contributed by atoms with van der Waals surface area (Å²) in [7, 11) is 0. The lowest BCUT2D eigenvalue weighted by Crippen LogP contribution is -2.51. The minimum absolute atomic E-state index is 0.0537. The number of benzene rings is 2. The van der Waals surface area contributed by atoms with Gasteiger partial charge < -0.3 is 10.2 Å². The summed E-state index contributed by atoms with van der Waals surface area (Å²) in [6.45, 7) is 3.73. The summed E-state index contributed by atoms with van der Waals surface area (Å²) in [6, 6.07) is 19.2. The quantitative estimate of drug-likeness (QED) is 0.688. The van der Waals surface area contributed by atoms with Crippen molar-refractivity contribution in [3.8, 4) is 0 Å². The molecule has 0 bridgehead atoms. The van der Waals surface area contributed by atoms with Crippen molar-refractivity contribution in [3.05, 3.63) is 60.7 Å². The predicted octanol–water partition coefficient (Wildman–Crippen LogP) is 2.71. The molecule has 118 valence electrons. The molecule has 0 radical (unpaired) electrons. The maximum absolute atomic E-state index is 10.3. The van der Waals surface area contributed by atoms with Gasteiger partial charge in [0.05, 0.1) is 30.1 Å². The van der Waals surface area contributed by atoms with Crippen molar-refractivity contribution in [1.82, 2.24) is 5.43 Å². The van der Waals surface area contributed by atoms with Crippen molar-refractivity contribution >= 4 is 11.4 Å². The first kappa shape index (κ1) is 16.5. The van der Waals surface area contributed by atoms with Gasteiger partial charge in [-0.05, 0) is 30.2 Å². The Bertz CT molecular complexity index is 506. The molecule has 0 saturated carbocycles. The van der Waals surface area contributed by atoms with Gasteiger partial charge in [0.1, 0.15) is 0 Å². The fourth-order valence-corrected chi connectivity index (χ4v) is 2.31. The van der Waals surface area contributed by atoms with Crippen LogP contribution in [0, 0.1) is 5.92 Å². The number of hydrogen-bond donors (Lipinski definition) is 3. The van der Waals surface area contributed by atoms with Crippen molar-refractivity contribution in [1.29, 1.82) is 0 Å². The minimum Gasteiger partial charge on any atom is -0.395 e. The van der Waals surface area contributed by atoms with Crippen LogP contribution in [0.4, 0.5) is 11.4 Å². The Morgan fingerprint density at radius 3 is 1.73 bits per heavy atom. The molecule has 2 aromatic rings. The Hall–Kier alpha value is -1.88. The van der Waals surface area contributed by atoms with Crippen LogP contribution in [0.1, 0.15) is 13.8 Å². The number of aliphatic hydroxyl groups excluding tert-OH is 2. The molecule has 2 aromatic carbocycles. The first-order chi connectivity index (χ1) is 10.6. The average Bonchev–Trinajstić information content (AvgIpc) is 2.57. The molecule has 0 aliphatic rings. The highest BCUT2D eigenvalue weighted by Crippen LogP contribution is 2.23. The van der Waals surface area contributed by atoms with Crippen molar-refractivity contribution < 1.29 is 10.2 Å². The molecule has 22 heavy (non-hydrogen) atoms. The van der Waals surface area contributed by atoms with Gasteiger partial charge in [-0.3, -0.25) is 5.01 Å². The predicted molar refractivity (Wildman–Crippen MR) is 89.9 cm³/mol. The topological polar surface area (TPSA) is 55.7 Å². The molecule has 2 atom stereocenters. The van der Waals surface area contributed by atoms with E-state index >= 15 is 0 Å². The van der Waals surface area contributed by atoms with Gasteiger partial charge in [0, 0.05) is 0 Å². The van der Waals surface area contributed by atoms with Crippen LogP contribution in [0.3, 0.4) is 0 Å². The summed E-state index contributed by atoms with van der Waals surface area (Å²) in [4.78, 5) is 0. The zero-order chi connectivity index (χ0) is 15.9. The third-order valence-corrected chi connectivity index (χ3v) is 3.62. The summed E-state index contributed by atoms with van der Waals surface area (Å²) in [5, 5.41) is 21.8. The maximum Gasteiger partial charge on any atom is 0.0759 e. The lowest BCUT2D eigenvalue weighted by Gasteiger charge is -2.33. The molecular formula is C18H24N2O2. The molecule has 2 rings (SSSR count). The summed E-state index contributed by atoms with van der Waals surface area (Å²) in [5.74, 6) is 0.0537. The molecule has 0 aliphatic carbocycles. The highest BCUT2D eigenvalue weighted by Gasteiger charge is 2.24. The standard InChI is InChI=1S/C18H24N2O2/c1-14(2)18(22)17(13-21)19-20(15-9-5-3-6-10-15)16-11-7-4-8-12-16/h3-12,14,17-19,21-22H,13H2,1-2H3/t17-,18+/m1/s1. The Labute approximate surface area is 132 Å². The molecule has 0 unspecified atom stereocenters. The second kappa shape index (κ2) is 7.94. The summed E-state index contributed by atoms with van der Waals surface area (Å²) in [6.07, 6.45) is -0.639. The average molecular weight is 300 g/mol. The smallest absolute Gasteiger partial charge is 0.0759 e. The van der Waals surface area contributed by atoms with Gasteiger partial charge in [0.15, 0.2) is 0 Å². The normalized spacial score (nSPS) is 13.9. The molecular weight excluding hydrogens is 276 g/mol. The second-order valence-corrected chi connectivity index (χ2v) is 5.66. The zero-order valence-corrected chi connectivity index (χ0v) is 13.1. The minimum atomic E-state index is -0.639. The van der Waals surface area contributed by atoms with Gasteiger partial charge >= 0.3 is 0 Å². The van der Waals surface area contributed by atoms with Crippen molar-refractivity contribution in [2.24, 2.45) is 5.92 Å². The Morgan fingerprint density at radius 1 is 0.909 bits per heavy atom. The van der Waals surface area contributed by atoms with Gasteiger partial charge in [-0.15, -0.1) is 0 Å². The molecule has 0 fully saturated rings. The summed E-state index contributed by atoms with van der Waals surface area (Å²) >= 11 is 0. The monoisotopic (exact) mass is 300 g/mol. The molecule has 4 nitrogen and oxygen atoms in total. The third kappa shape index (κ3) is 4.07. The SMILES string of the molecule is CC(C)[C@H](O)[C@@H](CO)NN(c1ccccc1)c1ccccc1. The van der Waals surface area contributed by atoms with Crippen molar-refractivity contribution in [3.63, 3.8) is 0 Å². The van der Waals surface area contributed by atoms with E-state index in [1.165, 1.54) is 0 Å². The van der Waals surface area contributed by atoms with Gasteiger partial charge in [-0.1, -0.05) is 50.2 Å². The van der Waals surface area contributed by atoms with E-state index in [2.05, 4.69) is 5.43 Å². The van der Waals surface area contributed by atoms with Crippen molar-refractivity contribution in [2.75, 3.05) is 11.6 Å². The number of para-hydroxylation sites is 2. The number of hydrogen-bond acceptors (Lipinski definition) is 4. The molecule has 4 heteroatoms. The number of rotatable bonds is 7. The number of aliphatic hydroxyl groups is 2. The molecule has 0 heterocycles. The highest BCUT2D eigenvalue weighted by atomic mass is 16.3. The van der Waals surface area contributed by atoms with E-state index in [-0.39, 0.29) is 12.5 Å². The van der Waals surface area contributed by atoms with E-state index < -0.39 is 12.1 Å². The van der Waals surface area contributed by atoms with E-state index in [0.717, 1.165) is 11.4 Å². The number of hydrazine groups is 1. The second-order valence-electron chi connectivity index (χ2n) is 5.66. The third-order valence-electron chi connectivity index (χ3n) is 3.62. The van der Waals surface area contributed by atoms with Crippen molar-refractivity contribution in [2.45, 2.75) is 26.0 Å². The number of nitrogens with zero attached hydrogens (tertiary/aromatic N) is 1. The highest BCUT2D eigenvalue weighted by molar-refractivity contribution is 5.61. The van der Waals surface area contributed by atoms with Crippen LogP contribution in [-0.2, 0) is 0 Å². The largest absolute Gasteiger partial charge is 0.395 e. The fourth-order valence-electron chi connectivity index (χ4n) is 2.31. The first-order valence-electron chi connectivity index (χ1n) is 7.58. The maximum atomic E-state index is 10.3. The van der Waals surface area contributed by atoms with Gasteiger partial charge in [-0.2, -0.15) is 0 Å². The van der Waals surface area contributed by atoms with Crippen LogP contribution in [0.5, 0.6) is 0 Å².